The van der Waals surface area contributed by atoms with E-state index in [1.807, 2.05) is 0 Å². The third-order valence-corrected chi connectivity index (χ3v) is 1.20. The van der Waals surface area contributed by atoms with Gasteiger partial charge in [-0.1, -0.05) is 6.07 Å². The van der Waals surface area contributed by atoms with Crippen molar-refractivity contribution in [2.24, 2.45) is 0 Å². The summed E-state index contributed by atoms with van der Waals surface area (Å²) in [6, 6.07) is 4.73. The second-order valence-corrected chi connectivity index (χ2v) is 2.00. The van der Waals surface area contributed by atoms with Crippen molar-refractivity contribution in [2.75, 3.05) is 0 Å². The molecule has 4 heteroatoms. The number of aliphatic hydroxyl groups excluding tert-OH is 1. The van der Waals surface area contributed by atoms with Gasteiger partial charge in [0.1, 0.15) is 0 Å². The SMILES string of the molecule is O=C(O)[C@H](O)c1ccccn1. The van der Waals surface area contributed by atoms with Gasteiger partial charge in [-0.2, -0.15) is 0 Å². The molecule has 0 aliphatic heterocycles. The summed E-state index contributed by atoms with van der Waals surface area (Å²) < 4.78 is 0. The Morgan fingerprint density at radius 2 is 2.27 bits per heavy atom. The van der Waals surface area contributed by atoms with E-state index in [-0.39, 0.29) is 5.69 Å². The number of aliphatic carboxylic acids is 1. The van der Waals surface area contributed by atoms with Gasteiger partial charge in [-0.3, -0.25) is 4.98 Å². The third kappa shape index (κ3) is 1.75. The lowest BCUT2D eigenvalue weighted by molar-refractivity contribution is -0.147. The van der Waals surface area contributed by atoms with Gasteiger partial charge in [-0.25, -0.2) is 4.79 Å². The molecular weight excluding hydrogens is 146 g/mol. The molecule has 0 unspecified atom stereocenters. The van der Waals surface area contributed by atoms with E-state index in [0.717, 1.165) is 0 Å². The fourth-order valence-corrected chi connectivity index (χ4v) is 0.664. The van der Waals surface area contributed by atoms with Gasteiger partial charge in [0, 0.05) is 6.20 Å². The van der Waals surface area contributed by atoms with Crippen molar-refractivity contribution >= 4 is 5.97 Å². The van der Waals surface area contributed by atoms with E-state index >= 15 is 0 Å². The van der Waals surface area contributed by atoms with Gasteiger partial charge in [0.15, 0.2) is 6.10 Å². The van der Waals surface area contributed by atoms with Crippen LogP contribution in [0.25, 0.3) is 0 Å². The minimum Gasteiger partial charge on any atom is -0.479 e. The molecule has 0 fully saturated rings. The summed E-state index contributed by atoms with van der Waals surface area (Å²) in [6.07, 6.45) is -0.0854. The molecule has 1 aromatic rings. The zero-order chi connectivity index (χ0) is 8.27. The summed E-state index contributed by atoms with van der Waals surface area (Å²) in [5.41, 5.74) is 0.153. The van der Waals surface area contributed by atoms with Crippen LogP contribution in [0.3, 0.4) is 0 Å². The summed E-state index contributed by atoms with van der Waals surface area (Å²) in [6.45, 7) is 0. The van der Waals surface area contributed by atoms with E-state index < -0.39 is 12.1 Å². The molecule has 0 spiro atoms. The number of rotatable bonds is 2. The van der Waals surface area contributed by atoms with Gasteiger partial charge in [-0.15, -0.1) is 0 Å². The summed E-state index contributed by atoms with van der Waals surface area (Å²) in [5.74, 6) is -1.29. The highest BCUT2D eigenvalue weighted by Crippen LogP contribution is 2.07. The standard InChI is InChI=1S/C7H7NO3/c9-6(7(10)11)5-3-1-2-4-8-5/h1-4,6,9H,(H,10,11)/t6-/m1/s1. The van der Waals surface area contributed by atoms with Gasteiger partial charge >= 0.3 is 5.97 Å². The van der Waals surface area contributed by atoms with Crippen LogP contribution in [0.1, 0.15) is 11.8 Å². The van der Waals surface area contributed by atoms with Gasteiger partial charge in [0.05, 0.1) is 5.69 Å². The first-order chi connectivity index (χ1) is 5.22. The van der Waals surface area contributed by atoms with E-state index in [2.05, 4.69) is 4.98 Å². The van der Waals surface area contributed by atoms with Gasteiger partial charge < -0.3 is 10.2 Å². The predicted octanol–water partition coefficient (Wildman–Crippen LogP) is 0.200. The van der Waals surface area contributed by atoms with Gasteiger partial charge in [-0.05, 0) is 12.1 Å². The van der Waals surface area contributed by atoms with Gasteiger partial charge in [0.25, 0.3) is 0 Å². The Hall–Kier alpha value is -1.42. The number of hydrogen-bond donors (Lipinski definition) is 2. The number of nitrogens with zero attached hydrogens (tertiary/aromatic N) is 1. The first-order valence-corrected chi connectivity index (χ1v) is 3.03. The Balaban J connectivity index is 2.85. The largest absolute Gasteiger partial charge is 0.479 e. The molecule has 4 nitrogen and oxygen atoms in total. The molecule has 0 aromatic carbocycles. The van der Waals surface area contributed by atoms with Crippen molar-refractivity contribution in [3.05, 3.63) is 30.1 Å². The van der Waals surface area contributed by atoms with E-state index in [9.17, 15) is 4.79 Å². The molecule has 11 heavy (non-hydrogen) atoms. The first kappa shape index (κ1) is 7.68. The maximum atomic E-state index is 10.2. The van der Waals surface area contributed by atoms with Crippen LogP contribution < -0.4 is 0 Å². The Bertz CT molecular complexity index is 247. The maximum absolute atomic E-state index is 10.2. The molecule has 0 saturated carbocycles. The number of hydrogen-bond acceptors (Lipinski definition) is 3. The number of pyridine rings is 1. The average molecular weight is 153 g/mol. The summed E-state index contributed by atoms with van der Waals surface area (Å²) >= 11 is 0. The lowest BCUT2D eigenvalue weighted by Crippen LogP contribution is -2.11. The lowest BCUT2D eigenvalue weighted by Gasteiger charge is -2.02. The Kier molecular flexibility index (Phi) is 2.18. The molecule has 2 N–H and O–H groups in total. The quantitative estimate of drug-likeness (QED) is 0.636. The molecule has 1 aromatic heterocycles. The van der Waals surface area contributed by atoms with Crippen molar-refractivity contribution in [1.82, 2.24) is 4.98 Å². The highest BCUT2D eigenvalue weighted by molar-refractivity contribution is 5.73. The molecule has 1 atom stereocenters. The monoisotopic (exact) mass is 153 g/mol. The molecule has 1 rings (SSSR count). The Morgan fingerprint density at radius 3 is 2.73 bits per heavy atom. The van der Waals surface area contributed by atoms with Crippen molar-refractivity contribution in [1.29, 1.82) is 0 Å². The molecule has 0 bridgehead atoms. The van der Waals surface area contributed by atoms with Crippen LogP contribution >= 0.6 is 0 Å². The molecule has 0 saturated heterocycles. The predicted molar refractivity (Wildman–Crippen MR) is 36.8 cm³/mol. The minimum absolute atomic E-state index is 0.153. The van der Waals surface area contributed by atoms with E-state index in [1.54, 1.807) is 12.1 Å². The van der Waals surface area contributed by atoms with Crippen LogP contribution in [0.15, 0.2) is 24.4 Å². The second kappa shape index (κ2) is 3.12. The van der Waals surface area contributed by atoms with Crippen molar-refractivity contribution < 1.29 is 15.0 Å². The van der Waals surface area contributed by atoms with E-state index in [4.69, 9.17) is 10.2 Å². The highest BCUT2D eigenvalue weighted by Gasteiger charge is 2.15. The number of aromatic nitrogens is 1. The zero-order valence-electron chi connectivity index (χ0n) is 5.64. The molecule has 0 aliphatic rings. The lowest BCUT2D eigenvalue weighted by atomic mass is 10.2. The smallest absolute Gasteiger partial charge is 0.338 e. The number of carboxylic acids is 1. The van der Waals surface area contributed by atoms with Crippen LogP contribution in [-0.4, -0.2) is 21.2 Å². The topological polar surface area (TPSA) is 70.4 Å². The Labute approximate surface area is 63.1 Å². The van der Waals surface area contributed by atoms with Crippen molar-refractivity contribution in [3.63, 3.8) is 0 Å². The normalized spacial score (nSPS) is 12.5. The van der Waals surface area contributed by atoms with Crippen LogP contribution in [0, 0.1) is 0 Å². The zero-order valence-corrected chi connectivity index (χ0v) is 5.64. The highest BCUT2D eigenvalue weighted by atomic mass is 16.4. The fraction of sp³-hybridized carbons (Fsp3) is 0.143. The maximum Gasteiger partial charge on any atom is 0.338 e. The average Bonchev–Trinajstić information content (AvgIpc) is 2.05. The molecule has 1 heterocycles. The van der Waals surface area contributed by atoms with Crippen molar-refractivity contribution in [3.8, 4) is 0 Å². The molecule has 0 radical (unpaired) electrons. The summed E-state index contributed by atoms with van der Waals surface area (Å²) in [4.78, 5) is 13.9. The molecule has 0 amide bonds. The number of aliphatic hydroxyl groups is 1. The van der Waals surface area contributed by atoms with Crippen LogP contribution in [0.5, 0.6) is 0 Å². The number of carbonyl (C=O) groups is 1. The van der Waals surface area contributed by atoms with E-state index in [1.165, 1.54) is 12.3 Å². The molecule has 58 valence electrons. The van der Waals surface area contributed by atoms with Crippen LogP contribution in [-0.2, 0) is 4.79 Å². The van der Waals surface area contributed by atoms with E-state index in [0.29, 0.717) is 0 Å². The second-order valence-electron chi connectivity index (χ2n) is 2.00. The summed E-state index contributed by atoms with van der Waals surface area (Å²) in [5, 5.41) is 17.3. The molecular formula is C7H7NO3. The first-order valence-electron chi connectivity index (χ1n) is 3.03. The summed E-state index contributed by atoms with van der Waals surface area (Å²) in [7, 11) is 0. The van der Waals surface area contributed by atoms with Crippen molar-refractivity contribution in [2.45, 2.75) is 6.10 Å². The Morgan fingerprint density at radius 1 is 1.55 bits per heavy atom. The molecule has 0 aliphatic carbocycles. The number of carboxylic acid groups (broad SMARTS) is 1. The van der Waals surface area contributed by atoms with Gasteiger partial charge in [0.2, 0.25) is 0 Å². The third-order valence-electron chi connectivity index (χ3n) is 1.20. The van der Waals surface area contributed by atoms with Crippen LogP contribution in [0.2, 0.25) is 0 Å². The fourth-order valence-electron chi connectivity index (χ4n) is 0.664. The van der Waals surface area contributed by atoms with Crippen LogP contribution in [0.4, 0.5) is 0 Å². The minimum atomic E-state index is -1.52.